The van der Waals surface area contributed by atoms with Gasteiger partial charge in [0.05, 0.1) is 6.10 Å². The van der Waals surface area contributed by atoms with E-state index in [1.807, 2.05) is 6.08 Å². The lowest BCUT2D eigenvalue weighted by molar-refractivity contribution is -0.137. The van der Waals surface area contributed by atoms with Crippen molar-refractivity contribution >= 4 is 11.8 Å². The highest BCUT2D eigenvalue weighted by atomic mass is 16.4. The van der Waals surface area contributed by atoms with Gasteiger partial charge in [-0.2, -0.15) is 0 Å². The zero-order chi connectivity index (χ0) is 20.3. The molecule has 4 rings (SSSR count). The third-order valence-electron chi connectivity index (χ3n) is 9.47. The summed E-state index contributed by atoms with van der Waals surface area (Å²) in [5.41, 5.74) is 1.14. The van der Waals surface area contributed by atoms with Crippen LogP contribution in [-0.2, 0) is 9.59 Å². The summed E-state index contributed by atoms with van der Waals surface area (Å²) in [4.78, 5) is 24.6. The lowest BCUT2D eigenvalue weighted by Gasteiger charge is -2.56. The minimum Gasteiger partial charge on any atom is -0.481 e. The fraction of sp³-hybridized carbons (Fsp3) is 0.833. The number of rotatable bonds is 4. The Morgan fingerprint density at radius 2 is 1.96 bits per heavy atom. The first-order valence-corrected chi connectivity index (χ1v) is 11.3. The minimum absolute atomic E-state index is 0.0755. The number of allylic oxidation sites excluding steroid dienone is 2. The van der Waals surface area contributed by atoms with Crippen LogP contribution in [0.5, 0.6) is 0 Å². The SMILES string of the molecule is C[C@H](CCC(=O)O)[C@@H]1CC[C@H]2[C@H]3CC[C@@H]4C[C@H](O)CC[C@]4(C)C3=CC(=O)[C@]12C. The molecule has 4 aliphatic carbocycles. The molecule has 2 N–H and O–H groups in total. The highest BCUT2D eigenvalue weighted by molar-refractivity contribution is 5.97. The summed E-state index contributed by atoms with van der Waals surface area (Å²) in [6.45, 7) is 6.68. The number of carbonyl (C=O) groups excluding carboxylic acids is 1. The molecule has 4 nitrogen and oxygen atoms in total. The van der Waals surface area contributed by atoms with Crippen LogP contribution in [0.15, 0.2) is 11.6 Å². The van der Waals surface area contributed by atoms with E-state index in [0.29, 0.717) is 35.9 Å². The van der Waals surface area contributed by atoms with E-state index in [0.717, 1.165) is 44.9 Å². The number of ketones is 1. The first kappa shape index (κ1) is 20.1. The summed E-state index contributed by atoms with van der Waals surface area (Å²) >= 11 is 0. The molecular formula is C24H36O4. The van der Waals surface area contributed by atoms with Gasteiger partial charge in [0.25, 0.3) is 0 Å². The van der Waals surface area contributed by atoms with Crippen molar-refractivity contribution in [1.82, 2.24) is 0 Å². The Kier molecular flexibility index (Phi) is 5.01. The molecule has 4 aliphatic rings. The normalized spacial score (nSPS) is 46.2. The molecule has 0 radical (unpaired) electrons. The molecule has 0 bridgehead atoms. The lowest BCUT2D eigenvalue weighted by Crippen LogP contribution is -2.52. The van der Waals surface area contributed by atoms with Crippen LogP contribution in [0.1, 0.15) is 78.6 Å². The Morgan fingerprint density at radius 3 is 2.68 bits per heavy atom. The summed E-state index contributed by atoms with van der Waals surface area (Å²) in [6, 6.07) is 0. The smallest absolute Gasteiger partial charge is 0.303 e. The van der Waals surface area contributed by atoms with Crippen LogP contribution in [0, 0.1) is 40.4 Å². The van der Waals surface area contributed by atoms with Crippen molar-refractivity contribution in [1.29, 1.82) is 0 Å². The Balaban J connectivity index is 1.63. The second-order valence-electron chi connectivity index (χ2n) is 10.7. The van der Waals surface area contributed by atoms with Gasteiger partial charge in [-0.05, 0) is 92.4 Å². The number of fused-ring (bicyclic) bond motifs is 5. The van der Waals surface area contributed by atoms with Crippen molar-refractivity contribution < 1.29 is 19.8 Å². The topological polar surface area (TPSA) is 74.6 Å². The van der Waals surface area contributed by atoms with Gasteiger partial charge < -0.3 is 10.2 Å². The summed E-state index contributed by atoms with van der Waals surface area (Å²) in [7, 11) is 0. The minimum atomic E-state index is -0.741. The maximum atomic E-state index is 13.5. The predicted molar refractivity (Wildman–Crippen MR) is 108 cm³/mol. The molecule has 8 atom stereocenters. The van der Waals surface area contributed by atoms with Crippen LogP contribution < -0.4 is 0 Å². The molecule has 0 aromatic carbocycles. The van der Waals surface area contributed by atoms with Crippen molar-refractivity contribution in [3.05, 3.63) is 11.6 Å². The zero-order valence-electron chi connectivity index (χ0n) is 17.6. The molecular weight excluding hydrogens is 352 g/mol. The van der Waals surface area contributed by atoms with Gasteiger partial charge in [0.1, 0.15) is 0 Å². The summed E-state index contributed by atoms with van der Waals surface area (Å²) in [5.74, 6) is 1.51. The Labute approximate surface area is 168 Å². The number of carbonyl (C=O) groups is 2. The van der Waals surface area contributed by atoms with E-state index in [9.17, 15) is 14.7 Å². The highest BCUT2D eigenvalue weighted by Gasteiger charge is 2.60. The van der Waals surface area contributed by atoms with Gasteiger partial charge in [0.15, 0.2) is 5.78 Å². The summed E-state index contributed by atoms with van der Waals surface area (Å²) < 4.78 is 0. The lowest BCUT2D eigenvalue weighted by atomic mass is 9.48. The fourth-order valence-corrected chi connectivity index (χ4v) is 7.79. The van der Waals surface area contributed by atoms with Crippen molar-refractivity contribution in [2.75, 3.05) is 0 Å². The summed E-state index contributed by atoms with van der Waals surface area (Å²) in [6.07, 6.45) is 9.87. The molecule has 28 heavy (non-hydrogen) atoms. The predicted octanol–water partition coefficient (Wildman–Crippen LogP) is 4.61. The molecule has 0 unspecified atom stereocenters. The van der Waals surface area contributed by atoms with Crippen molar-refractivity contribution in [2.45, 2.75) is 84.7 Å². The van der Waals surface area contributed by atoms with E-state index in [4.69, 9.17) is 5.11 Å². The molecule has 156 valence electrons. The van der Waals surface area contributed by atoms with Gasteiger partial charge in [-0.15, -0.1) is 0 Å². The second-order valence-corrected chi connectivity index (χ2v) is 10.7. The Hall–Kier alpha value is -1.16. The van der Waals surface area contributed by atoms with E-state index in [2.05, 4.69) is 20.8 Å². The molecule has 0 saturated heterocycles. The first-order valence-electron chi connectivity index (χ1n) is 11.3. The highest BCUT2D eigenvalue weighted by Crippen LogP contribution is 2.65. The molecule has 0 spiro atoms. The van der Waals surface area contributed by atoms with Crippen molar-refractivity contribution in [3.63, 3.8) is 0 Å². The van der Waals surface area contributed by atoms with E-state index in [-0.39, 0.29) is 29.3 Å². The first-order chi connectivity index (χ1) is 13.2. The van der Waals surface area contributed by atoms with Crippen molar-refractivity contribution in [3.8, 4) is 0 Å². The van der Waals surface area contributed by atoms with E-state index in [1.54, 1.807) is 0 Å². The largest absolute Gasteiger partial charge is 0.481 e. The number of carboxylic acids is 1. The van der Waals surface area contributed by atoms with Crippen LogP contribution in [-0.4, -0.2) is 28.1 Å². The van der Waals surface area contributed by atoms with Gasteiger partial charge in [-0.1, -0.05) is 26.3 Å². The number of hydrogen-bond acceptors (Lipinski definition) is 3. The maximum Gasteiger partial charge on any atom is 0.303 e. The molecule has 4 heteroatoms. The second kappa shape index (κ2) is 6.97. The average molecular weight is 389 g/mol. The quantitative estimate of drug-likeness (QED) is 0.738. The number of aliphatic hydroxyl groups is 1. The third kappa shape index (κ3) is 2.89. The zero-order valence-corrected chi connectivity index (χ0v) is 17.6. The Morgan fingerprint density at radius 1 is 1.21 bits per heavy atom. The van der Waals surface area contributed by atoms with Gasteiger partial charge in [0.2, 0.25) is 0 Å². The average Bonchev–Trinajstić information content (AvgIpc) is 3.00. The van der Waals surface area contributed by atoms with E-state index < -0.39 is 5.97 Å². The molecule has 3 fully saturated rings. The van der Waals surface area contributed by atoms with Crippen LogP contribution >= 0.6 is 0 Å². The third-order valence-corrected chi connectivity index (χ3v) is 9.47. The van der Waals surface area contributed by atoms with Gasteiger partial charge in [-0.25, -0.2) is 0 Å². The Bertz CT molecular complexity index is 697. The molecule has 0 aliphatic heterocycles. The molecule has 0 heterocycles. The van der Waals surface area contributed by atoms with Crippen molar-refractivity contribution in [2.24, 2.45) is 40.4 Å². The van der Waals surface area contributed by atoms with E-state index in [1.165, 1.54) is 5.57 Å². The molecule has 0 aromatic rings. The molecule has 0 amide bonds. The van der Waals surface area contributed by atoms with Gasteiger partial charge >= 0.3 is 5.97 Å². The monoisotopic (exact) mass is 388 g/mol. The number of aliphatic carboxylic acids is 1. The maximum absolute atomic E-state index is 13.5. The summed E-state index contributed by atoms with van der Waals surface area (Å²) in [5, 5.41) is 19.2. The van der Waals surface area contributed by atoms with E-state index >= 15 is 0 Å². The fourth-order valence-electron chi connectivity index (χ4n) is 7.79. The number of carboxylic acid groups (broad SMARTS) is 1. The van der Waals surface area contributed by atoms with Crippen LogP contribution in [0.25, 0.3) is 0 Å². The van der Waals surface area contributed by atoms with Gasteiger partial charge in [0, 0.05) is 11.8 Å². The van der Waals surface area contributed by atoms with Gasteiger partial charge in [-0.3, -0.25) is 9.59 Å². The molecule has 0 aromatic heterocycles. The standard InChI is InChI=1S/C24H36O4/c1-14(4-9-22(27)28)18-7-8-19-17-6-5-15-12-16(25)10-11-23(15,2)20(17)13-21(26)24(18,19)3/h13-19,25H,4-12H2,1-3H3,(H,27,28)/t14-,15-,16-,17-,18+,19+,23+,24-/m1/s1. The molecule has 3 saturated carbocycles. The van der Waals surface area contributed by atoms with Crippen LogP contribution in [0.2, 0.25) is 0 Å². The number of hydrogen-bond donors (Lipinski definition) is 2. The van der Waals surface area contributed by atoms with Crippen LogP contribution in [0.4, 0.5) is 0 Å². The van der Waals surface area contributed by atoms with Crippen LogP contribution in [0.3, 0.4) is 0 Å². The number of aliphatic hydroxyl groups excluding tert-OH is 1.